The molecule has 2 aromatic rings. The highest BCUT2D eigenvalue weighted by Crippen LogP contribution is 2.38. The third-order valence-corrected chi connectivity index (χ3v) is 4.05. The standard InChI is InChI=1S/C16H21NOS/c1-10-6-14(18-5)13(16(2,3)4)8-12(10)11-7-15(17)19-9-11/h6-9H,17H2,1-5H3. The molecule has 0 bridgehead atoms. The van der Waals surface area contributed by atoms with Gasteiger partial charge in [-0.3, -0.25) is 0 Å². The molecule has 0 radical (unpaired) electrons. The summed E-state index contributed by atoms with van der Waals surface area (Å²) in [5, 5.41) is 2.96. The summed E-state index contributed by atoms with van der Waals surface area (Å²) in [4.78, 5) is 0. The fraction of sp³-hybridized carbons (Fsp3) is 0.375. The van der Waals surface area contributed by atoms with E-state index in [0.29, 0.717) is 0 Å². The fourth-order valence-corrected chi connectivity index (χ4v) is 2.89. The minimum atomic E-state index is 0.0510. The summed E-state index contributed by atoms with van der Waals surface area (Å²) in [6.45, 7) is 8.71. The van der Waals surface area contributed by atoms with Crippen LogP contribution in [0.4, 0.5) is 5.00 Å². The molecule has 0 aliphatic carbocycles. The number of thiophene rings is 1. The minimum Gasteiger partial charge on any atom is -0.496 e. The van der Waals surface area contributed by atoms with Gasteiger partial charge in [-0.2, -0.15) is 0 Å². The van der Waals surface area contributed by atoms with E-state index < -0.39 is 0 Å². The number of anilines is 1. The summed E-state index contributed by atoms with van der Waals surface area (Å²) in [7, 11) is 1.73. The molecule has 1 aromatic carbocycles. The molecule has 0 aliphatic heterocycles. The van der Waals surface area contributed by atoms with Gasteiger partial charge in [-0.15, -0.1) is 11.3 Å². The third kappa shape index (κ3) is 2.76. The van der Waals surface area contributed by atoms with Gasteiger partial charge in [0.2, 0.25) is 0 Å². The Morgan fingerprint density at radius 3 is 2.32 bits per heavy atom. The van der Waals surface area contributed by atoms with Crippen molar-refractivity contribution in [1.29, 1.82) is 0 Å². The van der Waals surface area contributed by atoms with Crippen molar-refractivity contribution >= 4 is 16.3 Å². The predicted molar refractivity (Wildman–Crippen MR) is 84.2 cm³/mol. The number of nitrogens with two attached hydrogens (primary N) is 1. The van der Waals surface area contributed by atoms with Gasteiger partial charge in [0, 0.05) is 10.9 Å². The highest BCUT2D eigenvalue weighted by atomic mass is 32.1. The number of nitrogen functional groups attached to an aromatic ring is 1. The van der Waals surface area contributed by atoms with Crippen molar-refractivity contribution in [1.82, 2.24) is 0 Å². The van der Waals surface area contributed by atoms with Crippen LogP contribution in [0, 0.1) is 6.92 Å². The van der Waals surface area contributed by atoms with E-state index >= 15 is 0 Å². The van der Waals surface area contributed by atoms with Crippen molar-refractivity contribution in [2.75, 3.05) is 12.8 Å². The van der Waals surface area contributed by atoms with E-state index in [4.69, 9.17) is 10.5 Å². The van der Waals surface area contributed by atoms with Gasteiger partial charge >= 0.3 is 0 Å². The van der Waals surface area contributed by atoms with E-state index in [1.54, 1.807) is 18.4 Å². The van der Waals surface area contributed by atoms with Gasteiger partial charge in [0.05, 0.1) is 12.1 Å². The maximum atomic E-state index is 5.84. The molecule has 0 unspecified atom stereocenters. The van der Waals surface area contributed by atoms with E-state index in [1.807, 2.05) is 6.07 Å². The second-order valence-corrected chi connectivity index (χ2v) is 6.80. The molecule has 2 rings (SSSR count). The maximum Gasteiger partial charge on any atom is 0.122 e. The average Bonchev–Trinajstić information content (AvgIpc) is 2.73. The Bertz CT molecular complexity index is 593. The van der Waals surface area contributed by atoms with Gasteiger partial charge in [-0.1, -0.05) is 20.8 Å². The number of benzene rings is 1. The Hall–Kier alpha value is -1.48. The van der Waals surface area contributed by atoms with Crippen LogP contribution in [0.3, 0.4) is 0 Å². The molecule has 2 nitrogen and oxygen atoms in total. The SMILES string of the molecule is COc1cc(C)c(-c2csc(N)c2)cc1C(C)(C)C. The molecule has 0 saturated carbocycles. The number of hydrogen-bond donors (Lipinski definition) is 1. The number of methoxy groups -OCH3 is 1. The first kappa shape index (κ1) is 13.9. The van der Waals surface area contributed by atoms with Gasteiger partial charge in [0.1, 0.15) is 5.75 Å². The molecule has 1 aromatic heterocycles. The first-order valence-corrected chi connectivity index (χ1v) is 7.24. The molecule has 0 amide bonds. The molecule has 0 atom stereocenters. The monoisotopic (exact) mass is 275 g/mol. The van der Waals surface area contributed by atoms with Crippen molar-refractivity contribution in [3.05, 3.63) is 34.7 Å². The molecule has 102 valence electrons. The van der Waals surface area contributed by atoms with E-state index in [2.05, 4.69) is 45.2 Å². The molecule has 1 heterocycles. The van der Waals surface area contributed by atoms with E-state index in [0.717, 1.165) is 10.8 Å². The van der Waals surface area contributed by atoms with Crippen LogP contribution < -0.4 is 10.5 Å². The van der Waals surface area contributed by atoms with Crippen LogP contribution in [0.1, 0.15) is 31.9 Å². The second-order valence-electron chi connectivity index (χ2n) is 5.86. The number of aryl methyl sites for hydroxylation is 1. The van der Waals surface area contributed by atoms with E-state index in [1.165, 1.54) is 22.3 Å². The topological polar surface area (TPSA) is 35.2 Å². The smallest absolute Gasteiger partial charge is 0.122 e. The quantitative estimate of drug-likeness (QED) is 0.868. The summed E-state index contributed by atoms with van der Waals surface area (Å²) < 4.78 is 5.53. The lowest BCUT2D eigenvalue weighted by Gasteiger charge is -2.24. The Labute approximate surface area is 119 Å². The number of rotatable bonds is 2. The van der Waals surface area contributed by atoms with Crippen LogP contribution in [0.2, 0.25) is 0 Å². The van der Waals surface area contributed by atoms with Crippen molar-refractivity contribution in [2.45, 2.75) is 33.1 Å². The average molecular weight is 275 g/mol. The van der Waals surface area contributed by atoms with Crippen molar-refractivity contribution in [3.8, 4) is 16.9 Å². The van der Waals surface area contributed by atoms with Gasteiger partial charge < -0.3 is 10.5 Å². The van der Waals surface area contributed by atoms with Gasteiger partial charge in [0.15, 0.2) is 0 Å². The largest absolute Gasteiger partial charge is 0.496 e. The van der Waals surface area contributed by atoms with Crippen molar-refractivity contribution < 1.29 is 4.74 Å². The van der Waals surface area contributed by atoms with E-state index in [9.17, 15) is 0 Å². The molecule has 3 heteroatoms. The predicted octanol–water partition coefficient (Wildman–Crippen LogP) is 4.61. The molecule has 2 N–H and O–H groups in total. The Balaban J connectivity index is 2.63. The molecular weight excluding hydrogens is 254 g/mol. The molecule has 0 saturated heterocycles. The fourth-order valence-electron chi connectivity index (χ4n) is 2.24. The summed E-state index contributed by atoms with van der Waals surface area (Å²) in [5.74, 6) is 0.956. The zero-order valence-electron chi connectivity index (χ0n) is 12.2. The Morgan fingerprint density at radius 1 is 1.16 bits per heavy atom. The molecular formula is C16H21NOS. The van der Waals surface area contributed by atoms with Gasteiger partial charge in [-0.25, -0.2) is 0 Å². The van der Waals surface area contributed by atoms with Crippen LogP contribution in [0.5, 0.6) is 5.75 Å². The van der Waals surface area contributed by atoms with E-state index in [-0.39, 0.29) is 5.41 Å². The van der Waals surface area contributed by atoms with Gasteiger partial charge in [0.25, 0.3) is 0 Å². The molecule has 19 heavy (non-hydrogen) atoms. The Morgan fingerprint density at radius 2 is 1.84 bits per heavy atom. The molecule has 0 spiro atoms. The zero-order chi connectivity index (χ0) is 14.2. The molecule has 0 fully saturated rings. The Kier molecular flexibility index (Phi) is 3.59. The van der Waals surface area contributed by atoms with Crippen LogP contribution >= 0.6 is 11.3 Å². The lowest BCUT2D eigenvalue weighted by molar-refractivity contribution is 0.397. The highest BCUT2D eigenvalue weighted by molar-refractivity contribution is 7.14. The second kappa shape index (κ2) is 4.89. The summed E-state index contributed by atoms with van der Waals surface area (Å²) in [6, 6.07) is 6.38. The number of hydrogen-bond acceptors (Lipinski definition) is 3. The van der Waals surface area contributed by atoms with Crippen LogP contribution in [0.25, 0.3) is 11.1 Å². The highest BCUT2D eigenvalue weighted by Gasteiger charge is 2.21. The lowest BCUT2D eigenvalue weighted by atomic mass is 9.83. The maximum absolute atomic E-state index is 5.84. The van der Waals surface area contributed by atoms with Crippen LogP contribution in [-0.4, -0.2) is 7.11 Å². The van der Waals surface area contributed by atoms with Gasteiger partial charge in [-0.05, 0) is 47.2 Å². The molecule has 0 aliphatic rings. The summed E-state index contributed by atoms with van der Waals surface area (Å²) in [5.41, 5.74) is 10.7. The minimum absolute atomic E-state index is 0.0510. The zero-order valence-corrected chi connectivity index (χ0v) is 13.0. The summed E-state index contributed by atoms with van der Waals surface area (Å²) in [6.07, 6.45) is 0. The van der Waals surface area contributed by atoms with Crippen LogP contribution in [0.15, 0.2) is 23.6 Å². The van der Waals surface area contributed by atoms with Crippen molar-refractivity contribution in [3.63, 3.8) is 0 Å². The normalized spacial score (nSPS) is 11.6. The lowest BCUT2D eigenvalue weighted by Crippen LogP contribution is -2.13. The van der Waals surface area contributed by atoms with Crippen molar-refractivity contribution in [2.24, 2.45) is 0 Å². The first-order chi connectivity index (χ1) is 8.82. The summed E-state index contributed by atoms with van der Waals surface area (Å²) >= 11 is 1.58. The van der Waals surface area contributed by atoms with Crippen LogP contribution in [-0.2, 0) is 5.41 Å². The number of ether oxygens (including phenoxy) is 1. The third-order valence-electron chi connectivity index (χ3n) is 3.29. The first-order valence-electron chi connectivity index (χ1n) is 6.36.